The van der Waals surface area contributed by atoms with Gasteiger partial charge in [0.2, 0.25) is 0 Å². The second-order valence-electron chi connectivity index (χ2n) is 1.95. The van der Waals surface area contributed by atoms with Crippen molar-refractivity contribution >= 4 is 3.71 Å². The quantitative estimate of drug-likeness (QED) is 0.613. The SMILES string of the molecule is CCC(C)C[CH]=[Zr]. The van der Waals surface area contributed by atoms with Gasteiger partial charge in [0.15, 0.2) is 0 Å². The van der Waals surface area contributed by atoms with Crippen LogP contribution in [-0.2, 0) is 24.2 Å². The van der Waals surface area contributed by atoms with Crippen LogP contribution in [0.3, 0.4) is 0 Å². The third kappa shape index (κ3) is 4.61. The number of rotatable bonds is 3. The zero-order valence-corrected chi connectivity index (χ0v) is 7.53. The van der Waals surface area contributed by atoms with Crippen LogP contribution < -0.4 is 0 Å². The fraction of sp³-hybridized carbons (Fsp3) is 0.833. The molecule has 0 aromatic heterocycles. The van der Waals surface area contributed by atoms with Gasteiger partial charge in [-0.15, -0.1) is 0 Å². The molecule has 0 spiro atoms. The molecule has 7 heavy (non-hydrogen) atoms. The molecule has 40 valence electrons. The zero-order valence-electron chi connectivity index (χ0n) is 5.07. The van der Waals surface area contributed by atoms with E-state index >= 15 is 0 Å². The van der Waals surface area contributed by atoms with Gasteiger partial charge in [-0.05, 0) is 0 Å². The standard InChI is InChI=1S/C6H12.Zr/c1-4-6(3)5-2;/h1,6H,4-5H2,2-3H3;. The normalized spacial score (nSPS) is 13.3. The Kier molecular flexibility index (Phi) is 5.43. The fourth-order valence-corrected chi connectivity index (χ4v) is 1.36. The summed E-state index contributed by atoms with van der Waals surface area (Å²) >= 11 is 1.57. The Hall–Kier alpha value is 0.753. The molecule has 0 aliphatic carbocycles. The van der Waals surface area contributed by atoms with Crippen LogP contribution in [0.1, 0.15) is 26.7 Å². The molecule has 0 saturated heterocycles. The van der Waals surface area contributed by atoms with Crippen molar-refractivity contribution in [2.45, 2.75) is 26.7 Å². The van der Waals surface area contributed by atoms with Crippen LogP contribution in [0.4, 0.5) is 0 Å². The Morgan fingerprint density at radius 3 is 2.43 bits per heavy atom. The van der Waals surface area contributed by atoms with Gasteiger partial charge in [-0.25, -0.2) is 0 Å². The van der Waals surface area contributed by atoms with Crippen molar-refractivity contribution < 1.29 is 24.2 Å². The summed E-state index contributed by atoms with van der Waals surface area (Å²) in [6.45, 7) is 4.53. The summed E-state index contributed by atoms with van der Waals surface area (Å²) < 4.78 is 2.32. The Morgan fingerprint density at radius 1 is 1.71 bits per heavy atom. The molecule has 0 bridgehead atoms. The van der Waals surface area contributed by atoms with E-state index in [-0.39, 0.29) is 0 Å². The van der Waals surface area contributed by atoms with E-state index in [1.54, 1.807) is 24.2 Å². The summed E-state index contributed by atoms with van der Waals surface area (Å²) in [7, 11) is 0. The number of hydrogen-bond acceptors (Lipinski definition) is 0. The van der Waals surface area contributed by atoms with Crippen molar-refractivity contribution in [2.24, 2.45) is 5.92 Å². The van der Waals surface area contributed by atoms with Crippen LogP contribution in [0.5, 0.6) is 0 Å². The van der Waals surface area contributed by atoms with Crippen LogP contribution in [0.15, 0.2) is 0 Å². The molecule has 1 unspecified atom stereocenters. The molecule has 0 aromatic carbocycles. The van der Waals surface area contributed by atoms with E-state index in [4.69, 9.17) is 0 Å². The summed E-state index contributed by atoms with van der Waals surface area (Å²) in [5.74, 6) is 0.916. The van der Waals surface area contributed by atoms with E-state index in [1.807, 2.05) is 0 Å². The van der Waals surface area contributed by atoms with Crippen molar-refractivity contribution in [3.05, 3.63) is 0 Å². The zero-order chi connectivity index (χ0) is 5.70. The molecule has 0 fully saturated rings. The van der Waals surface area contributed by atoms with Gasteiger partial charge in [0.05, 0.1) is 0 Å². The van der Waals surface area contributed by atoms with Gasteiger partial charge >= 0.3 is 60.6 Å². The van der Waals surface area contributed by atoms with Gasteiger partial charge < -0.3 is 0 Å². The summed E-state index contributed by atoms with van der Waals surface area (Å²) in [5, 5.41) is 0. The molecule has 0 aliphatic heterocycles. The average molecular weight is 175 g/mol. The van der Waals surface area contributed by atoms with E-state index in [0.29, 0.717) is 0 Å². The predicted molar refractivity (Wildman–Crippen MR) is 30.1 cm³/mol. The van der Waals surface area contributed by atoms with E-state index in [2.05, 4.69) is 17.6 Å². The van der Waals surface area contributed by atoms with Crippen LogP contribution >= 0.6 is 0 Å². The van der Waals surface area contributed by atoms with Crippen LogP contribution in [0.25, 0.3) is 0 Å². The fourth-order valence-electron chi connectivity index (χ4n) is 0.368. The van der Waals surface area contributed by atoms with Crippen LogP contribution in [-0.4, -0.2) is 3.71 Å². The first-order chi connectivity index (χ1) is 3.31. The molecule has 1 heteroatoms. The van der Waals surface area contributed by atoms with Gasteiger partial charge in [0.25, 0.3) is 0 Å². The first-order valence-corrected chi connectivity index (χ1v) is 4.22. The number of hydrogen-bond donors (Lipinski definition) is 0. The van der Waals surface area contributed by atoms with Gasteiger partial charge in [-0.1, -0.05) is 0 Å². The molecule has 1 atom stereocenters. The average Bonchev–Trinajstić information content (AvgIpc) is 1.68. The first kappa shape index (κ1) is 7.75. The van der Waals surface area contributed by atoms with E-state index in [9.17, 15) is 0 Å². The third-order valence-corrected chi connectivity index (χ3v) is 1.80. The predicted octanol–water partition coefficient (Wildman–Crippen LogP) is 1.77. The molecule has 0 saturated carbocycles. The van der Waals surface area contributed by atoms with E-state index in [1.165, 1.54) is 12.8 Å². The summed E-state index contributed by atoms with van der Waals surface area (Å²) in [4.78, 5) is 0. The maximum atomic E-state index is 2.32. The van der Waals surface area contributed by atoms with Gasteiger partial charge in [-0.3, -0.25) is 0 Å². The van der Waals surface area contributed by atoms with Gasteiger partial charge in [0, 0.05) is 0 Å². The van der Waals surface area contributed by atoms with Crippen molar-refractivity contribution in [1.82, 2.24) is 0 Å². The molecule has 0 amide bonds. The molecular formula is C6H12Zr. The minimum atomic E-state index is 0.916. The third-order valence-electron chi connectivity index (χ3n) is 1.22. The van der Waals surface area contributed by atoms with Crippen LogP contribution in [0.2, 0.25) is 0 Å². The monoisotopic (exact) mass is 174 g/mol. The first-order valence-electron chi connectivity index (χ1n) is 2.80. The molecule has 0 heterocycles. The summed E-state index contributed by atoms with van der Waals surface area (Å²) in [5.41, 5.74) is 0. The summed E-state index contributed by atoms with van der Waals surface area (Å²) in [6, 6.07) is 0. The van der Waals surface area contributed by atoms with Crippen molar-refractivity contribution in [3.8, 4) is 0 Å². The van der Waals surface area contributed by atoms with Gasteiger partial charge in [-0.2, -0.15) is 0 Å². The molecule has 0 N–H and O–H groups in total. The van der Waals surface area contributed by atoms with E-state index in [0.717, 1.165) is 5.92 Å². The maximum absolute atomic E-state index is 2.32. The van der Waals surface area contributed by atoms with E-state index < -0.39 is 0 Å². The molecule has 0 nitrogen and oxygen atoms in total. The van der Waals surface area contributed by atoms with Crippen molar-refractivity contribution in [1.29, 1.82) is 0 Å². The second kappa shape index (κ2) is 4.90. The van der Waals surface area contributed by atoms with Crippen molar-refractivity contribution in [2.75, 3.05) is 0 Å². The Morgan fingerprint density at radius 2 is 2.29 bits per heavy atom. The molecule has 0 rings (SSSR count). The van der Waals surface area contributed by atoms with Crippen LogP contribution in [0, 0.1) is 5.92 Å². The molecule has 0 aliphatic rings. The molecular weight excluding hydrogens is 163 g/mol. The Labute approximate surface area is 60.6 Å². The van der Waals surface area contributed by atoms with Crippen molar-refractivity contribution in [3.63, 3.8) is 0 Å². The van der Waals surface area contributed by atoms with Gasteiger partial charge in [0.1, 0.15) is 0 Å². The topological polar surface area (TPSA) is 0 Å². The summed E-state index contributed by atoms with van der Waals surface area (Å²) in [6.07, 6.45) is 2.64. The second-order valence-corrected chi connectivity index (χ2v) is 2.96. The minimum absolute atomic E-state index is 0.916. The molecule has 0 radical (unpaired) electrons. The Bertz CT molecular complexity index is 50.1. The molecule has 0 aromatic rings. The Balaban J connectivity index is 2.98.